The van der Waals surface area contributed by atoms with Gasteiger partial charge in [-0.2, -0.15) is 0 Å². The van der Waals surface area contributed by atoms with Crippen LogP contribution in [0, 0.1) is 0 Å². The minimum atomic E-state index is -0.896. The van der Waals surface area contributed by atoms with Crippen molar-refractivity contribution in [2.45, 2.75) is 31.8 Å². The van der Waals surface area contributed by atoms with Crippen LogP contribution in [0.15, 0.2) is 60.2 Å². The quantitative estimate of drug-likeness (QED) is 0.848. The number of benzene rings is 2. The molecular weight excluding hydrogens is 322 g/mol. The predicted molar refractivity (Wildman–Crippen MR) is 96.2 cm³/mol. The number of carboxylic acid groups (broad SMARTS) is 1. The average molecular weight is 342 g/mol. The third-order valence-electron chi connectivity index (χ3n) is 4.47. The Morgan fingerprint density at radius 3 is 2.58 bits per heavy atom. The molecule has 0 aromatic heterocycles. The van der Waals surface area contributed by atoms with E-state index in [0.29, 0.717) is 17.0 Å². The molecule has 0 radical (unpaired) electrons. The van der Waals surface area contributed by atoms with Gasteiger partial charge < -0.3 is 5.11 Å². The second-order valence-corrected chi connectivity index (χ2v) is 6.44. The highest BCUT2D eigenvalue weighted by molar-refractivity contribution is 6.30. The van der Waals surface area contributed by atoms with Crippen molar-refractivity contribution in [3.05, 3.63) is 81.9 Å². The summed E-state index contributed by atoms with van der Waals surface area (Å²) in [5.74, 6) is -0.896. The van der Waals surface area contributed by atoms with Crippen molar-refractivity contribution in [3.8, 4) is 0 Å². The fourth-order valence-electron chi connectivity index (χ4n) is 3.11. The highest BCUT2D eigenvalue weighted by Crippen LogP contribution is 2.34. The molecular formula is C20H20ClNO2. The van der Waals surface area contributed by atoms with Crippen molar-refractivity contribution in [3.63, 3.8) is 0 Å². The van der Waals surface area contributed by atoms with Crippen molar-refractivity contribution in [1.82, 2.24) is 5.32 Å². The molecule has 1 heterocycles. The molecule has 4 heteroatoms. The lowest BCUT2D eigenvalue weighted by atomic mass is 9.89. The molecule has 2 atom stereocenters. The number of carboxylic acids is 1. The summed E-state index contributed by atoms with van der Waals surface area (Å²) in [4.78, 5) is 11.6. The smallest absolute Gasteiger partial charge is 0.333 e. The lowest BCUT2D eigenvalue weighted by Gasteiger charge is -2.31. The van der Waals surface area contributed by atoms with Crippen LogP contribution in [0.5, 0.6) is 0 Å². The topological polar surface area (TPSA) is 49.3 Å². The van der Waals surface area contributed by atoms with Gasteiger partial charge in [0.05, 0.1) is 11.6 Å². The van der Waals surface area contributed by atoms with Crippen molar-refractivity contribution in [1.29, 1.82) is 0 Å². The fraction of sp³-hybridized carbons (Fsp3) is 0.250. The first-order valence-electron chi connectivity index (χ1n) is 8.12. The maximum absolute atomic E-state index is 11.6. The van der Waals surface area contributed by atoms with Crippen LogP contribution in [0.3, 0.4) is 0 Å². The van der Waals surface area contributed by atoms with Gasteiger partial charge in [0, 0.05) is 11.1 Å². The number of halogens is 1. The Hall–Kier alpha value is -2.10. The van der Waals surface area contributed by atoms with Crippen LogP contribution in [-0.2, 0) is 11.2 Å². The first-order valence-corrected chi connectivity index (χ1v) is 8.50. The molecule has 24 heavy (non-hydrogen) atoms. The van der Waals surface area contributed by atoms with Crippen LogP contribution in [0.4, 0.5) is 0 Å². The van der Waals surface area contributed by atoms with Gasteiger partial charge >= 0.3 is 5.97 Å². The van der Waals surface area contributed by atoms with Gasteiger partial charge in [0.1, 0.15) is 0 Å². The Balaban J connectivity index is 1.92. The molecule has 3 nitrogen and oxygen atoms in total. The maximum atomic E-state index is 11.6. The SMILES string of the molecule is CCc1ccc(C2CC=C(C(=O)O)C(c3cccc(Cl)c3)N2)cc1. The van der Waals surface area contributed by atoms with E-state index in [-0.39, 0.29) is 12.1 Å². The highest BCUT2D eigenvalue weighted by atomic mass is 35.5. The Labute approximate surface area is 147 Å². The van der Waals surface area contributed by atoms with E-state index in [9.17, 15) is 9.90 Å². The third kappa shape index (κ3) is 3.53. The van der Waals surface area contributed by atoms with Gasteiger partial charge in [0.15, 0.2) is 0 Å². The Kier molecular flexibility index (Phi) is 5.03. The maximum Gasteiger partial charge on any atom is 0.333 e. The minimum absolute atomic E-state index is 0.0861. The van der Waals surface area contributed by atoms with Gasteiger partial charge in [-0.05, 0) is 41.7 Å². The summed E-state index contributed by atoms with van der Waals surface area (Å²) in [6.07, 6.45) is 3.49. The van der Waals surface area contributed by atoms with Crippen molar-refractivity contribution >= 4 is 17.6 Å². The number of aliphatic carboxylic acids is 1. The Bertz CT molecular complexity index is 767. The van der Waals surface area contributed by atoms with Crippen molar-refractivity contribution in [2.24, 2.45) is 0 Å². The second-order valence-electron chi connectivity index (χ2n) is 6.00. The van der Waals surface area contributed by atoms with E-state index in [1.54, 1.807) is 6.07 Å². The zero-order chi connectivity index (χ0) is 17.1. The normalized spacial score (nSPS) is 20.5. The van der Waals surface area contributed by atoms with Gasteiger partial charge in [-0.1, -0.05) is 61.0 Å². The van der Waals surface area contributed by atoms with Crippen LogP contribution in [0.25, 0.3) is 0 Å². The summed E-state index contributed by atoms with van der Waals surface area (Å²) in [6, 6.07) is 15.6. The van der Waals surface area contributed by atoms with E-state index in [1.165, 1.54) is 11.1 Å². The van der Waals surface area contributed by atoms with Crippen LogP contribution in [0.2, 0.25) is 5.02 Å². The van der Waals surface area contributed by atoms with Gasteiger partial charge in [-0.25, -0.2) is 4.79 Å². The molecule has 0 saturated heterocycles. The number of hydrogen-bond donors (Lipinski definition) is 2. The van der Waals surface area contributed by atoms with Gasteiger partial charge in [0.2, 0.25) is 0 Å². The number of nitrogens with one attached hydrogen (secondary N) is 1. The van der Waals surface area contributed by atoms with E-state index in [0.717, 1.165) is 12.0 Å². The highest BCUT2D eigenvalue weighted by Gasteiger charge is 2.29. The molecule has 0 aliphatic carbocycles. The van der Waals surface area contributed by atoms with Gasteiger partial charge in [0.25, 0.3) is 0 Å². The molecule has 1 aliphatic heterocycles. The van der Waals surface area contributed by atoms with E-state index >= 15 is 0 Å². The molecule has 124 valence electrons. The summed E-state index contributed by atoms with van der Waals surface area (Å²) in [7, 11) is 0. The minimum Gasteiger partial charge on any atom is -0.478 e. The lowest BCUT2D eigenvalue weighted by Crippen LogP contribution is -2.33. The molecule has 2 unspecified atom stereocenters. The van der Waals surface area contributed by atoms with Gasteiger partial charge in [-0.15, -0.1) is 0 Å². The number of aryl methyl sites for hydroxylation is 1. The largest absolute Gasteiger partial charge is 0.478 e. The number of hydrogen-bond acceptors (Lipinski definition) is 2. The number of rotatable bonds is 4. The first kappa shape index (κ1) is 16.7. The second kappa shape index (κ2) is 7.20. The fourth-order valence-corrected chi connectivity index (χ4v) is 3.31. The third-order valence-corrected chi connectivity index (χ3v) is 4.71. The molecule has 0 fully saturated rings. The summed E-state index contributed by atoms with van der Waals surface area (Å²) in [6.45, 7) is 2.13. The molecule has 2 N–H and O–H groups in total. The van der Waals surface area contributed by atoms with Crippen LogP contribution < -0.4 is 5.32 Å². The zero-order valence-corrected chi connectivity index (χ0v) is 14.3. The Morgan fingerprint density at radius 1 is 1.21 bits per heavy atom. The monoisotopic (exact) mass is 341 g/mol. The van der Waals surface area contributed by atoms with E-state index in [1.807, 2.05) is 24.3 Å². The lowest BCUT2D eigenvalue weighted by molar-refractivity contribution is -0.133. The molecule has 0 amide bonds. The van der Waals surface area contributed by atoms with E-state index in [4.69, 9.17) is 11.6 Å². The molecule has 0 spiro atoms. The van der Waals surface area contributed by atoms with E-state index < -0.39 is 5.97 Å². The first-order chi connectivity index (χ1) is 11.6. The summed E-state index contributed by atoms with van der Waals surface area (Å²) in [5.41, 5.74) is 3.70. The molecule has 2 aromatic rings. The predicted octanol–water partition coefficient (Wildman–Crippen LogP) is 4.69. The standard InChI is InChI=1S/C20H20ClNO2/c1-2-13-6-8-14(9-7-13)18-11-10-17(20(23)24)19(22-18)15-4-3-5-16(21)12-15/h3-10,12,18-19,22H,2,11H2,1H3,(H,23,24). The summed E-state index contributed by atoms with van der Waals surface area (Å²) in [5, 5.41) is 13.6. The van der Waals surface area contributed by atoms with Crippen molar-refractivity contribution in [2.75, 3.05) is 0 Å². The average Bonchev–Trinajstić information content (AvgIpc) is 2.61. The molecule has 3 rings (SSSR count). The van der Waals surface area contributed by atoms with Crippen LogP contribution in [-0.4, -0.2) is 11.1 Å². The van der Waals surface area contributed by atoms with Gasteiger partial charge in [-0.3, -0.25) is 5.32 Å². The molecule has 2 aromatic carbocycles. The molecule has 1 aliphatic rings. The Morgan fingerprint density at radius 2 is 1.96 bits per heavy atom. The number of carbonyl (C=O) groups is 1. The van der Waals surface area contributed by atoms with Crippen LogP contribution in [0.1, 0.15) is 42.1 Å². The van der Waals surface area contributed by atoms with Crippen molar-refractivity contribution < 1.29 is 9.90 Å². The molecule has 0 bridgehead atoms. The summed E-state index contributed by atoms with van der Waals surface area (Å²) < 4.78 is 0. The van der Waals surface area contributed by atoms with E-state index in [2.05, 4.69) is 36.5 Å². The zero-order valence-electron chi connectivity index (χ0n) is 13.5. The van der Waals surface area contributed by atoms with Crippen LogP contribution >= 0.6 is 11.6 Å². The molecule has 0 saturated carbocycles. The summed E-state index contributed by atoms with van der Waals surface area (Å²) >= 11 is 6.08.